The van der Waals surface area contributed by atoms with E-state index < -0.39 is 0 Å². The molecule has 1 aromatic rings. The van der Waals surface area contributed by atoms with E-state index >= 15 is 0 Å². The van der Waals surface area contributed by atoms with Gasteiger partial charge in [-0.1, -0.05) is 6.92 Å². The van der Waals surface area contributed by atoms with E-state index in [2.05, 4.69) is 21.8 Å². The molecule has 1 unspecified atom stereocenters. The van der Waals surface area contributed by atoms with Gasteiger partial charge in [0.25, 0.3) is 0 Å². The van der Waals surface area contributed by atoms with Gasteiger partial charge in [0.1, 0.15) is 5.82 Å². The average Bonchev–Trinajstić information content (AvgIpc) is 2.19. The Morgan fingerprint density at radius 3 is 3.08 bits per heavy atom. The molecule has 2 heterocycles. The molecule has 13 heavy (non-hydrogen) atoms. The van der Waals surface area contributed by atoms with Crippen LogP contribution in [0.15, 0.2) is 18.6 Å². The highest BCUT2D eigenvalue weighted by Crippen LogP contribution is 2.19. The van der Waals surface area contributed by atoms with E-state index in [1.165, 1.54) is 12.8 Å². The Hall–Kier alpha value is -1.12. The first-order valence-electron chi connectivity index (χ1n) is 4.87. The van der Waals surface area contributed by atoms with Crippen LogP contribution in [0.3, 0.4) is 0 Å². The largest absolute Gasteiger partial charge is 0.355 e. The van der Waals surface area contributed by atoms with Gasteiger partial charge in [-0.3, -0.25) is 4.98 Å². The summed E-state index contributed by atoms with van der Waals surface area (Å²) in [5.41, 5.74) is 0. The topological polar surface area (TPSA) is 29.0 Å². The number of hydrogen-bond donors (Lipinski definition) is 0. The number of piperidine rings is 1. The fourth-order valence-electron chi connectivity index (χ4n) is 1.85. The quantitative estimate of drug-likeness (QED) is 0.654. The summed E-state index contributed by atoms with van der Waals surface area (Å²) in [5, 5.41) is 0. The second-order valence-corrected chi connectivity index (χ2v) is 3.76. The third kappa shape index (κ3) is 1.97. The maximum Gasteiger partial charge on any atom is 0.147 e. The lowest BCUT2D eigenvalue weighted by Crippen LogP contribution is -2.34. The Morgan fingerprint density at radius 2 is 2.38 bits per heavy atom. The number of rotatable bonds is 1. The molecule has 0 aliphatic carbocycles. The minimum absolute atomic E-state index is 0.788. The molecular formula is C10H15N3. The first kappa shape index (κ1) is 8.48. The molecular weight excluding hydrogens is 162 g/mol. The summed E-state index contributed by atoms with van der Waals surface area (Å²) in [6.45, 7) is 4.55. The highest BCUT2D eigenvalue weighted by atomic mass is 15.2. The molecule has 0 aromatic carbocycles. The molecule has 2 rings (SSSR count). The van der Waals surface area contributed by atoms with Gasteiger partial charge in [-0.15, -0.1) is 0 Å². The maximum atomic E-state index is 4.30. The van der Waals surface area contributed by atoms with Crippen LogP contribution in [0, 0.1) is 5.92 Å². The molecule has 70 valence electrons. The summed E-state index contributed by atoms with van der Waals surface area (Å²) >= 11 is 0. The smallest absolute Gasteiger partial charge is 0.147 e. The normalized spacial score (nSPS) is 23.2. The van der Waals surface area contributed by atoms with Crippen LogP contribution in [-0.2, 0) is 0 Å². The van der Waals surface area contributed by atoms with Crippen LogP contribution in [0.4, 0.5) is 5.82 Å². The highest BCUT2D eigenvalue weighted by Gasteiger charge is 2.16. The van der Waals surface area contributed by atoms with E-state index in [4.69, 9.17) is 0 Å². The second kappa shape index (κ2) is 3.73. The summed E-state index contributed by atoms with van der Waals surface area (Å²) in [7, 11) is 0. The molecule has 0 amide bonds. The number of hydrogen-bond acceptors (Lipinski definition) is 3. The van der Waals surface area contributed by atoms with E-state index in [0.29, 0.717) is 0 Å². The molecule has 1 saturated heterocycles. The van der Waals surface area contributed by atoms with E-state index in [1.807, 2.05) is 6.20 Å². The first-order chi connectivity index (χ1) is 6.36. The summed E-state index contributed by atoms with van der Waals surface area (Å²) in [4.78, 5) is 10.7. The maximum absolute atomic E-state index is 4.30. The predicted octanol–water partition coefficient (Wildman–Crippen LogP) is 1.71. The van der Waals surface area contributed by atoms with Gasteiger partial charge in [0, 0.05) is 25.5 Å². The van der Waals surface area contributed by atoms with Crippen LogP contribution in [0.25, 0.3) is 0 Å². The van der Waals surface area contributed by atoms with Crippen molar-refractivity contribution in [3.8, 4) is 0 Å². The van der Waals surface area contributed by atoms with Gasteiger partial charge in [-0.2, -0.15) is 0 Å². The number of nitrogens with zero attached hydrogens (tertiary/aromatic N) is 3. The zero-order valence-corrected chi connectivity index (χ0v) is 7.98. The third-order valence-electron chi connectivity index (χ3n) is 2.53. The van der Waals surface area contributed by atoms with Crippen molar-refractivity contribution in [2.75, 3.05) is 18.0 Å². The number of aromatic nitrogens is 2. The molecule has 0 spiro atoms. The van der Waals surface area contributed by atoms with Crippen molar-refractivity contribution in [2.24, 2.45) is 5.92 Å². The third-order valence-corrected chi connectivity index (χ3v) is 2.53. The summed E-state index contributed by atoms with van der Waals surface area (Å²) in [6, 6.07) is 0. The second-order valence-electron chi connectivity index (χ2n) is 3.76. The van der Waals surface area contributed by atoms with Crippen LogP contribution in [0.5, 0.6) is 0 Å². The minimum atomic E-state index is 0.788. The predicted molar refractivity (Wildman–Crippen MR) is 52.6 cm³/mol. The lowest BCUT2D eigenvalue weighted by molar-refractivity contribution is 0.444. The van der Waals surface area contributed by atoms with Gasteiger partial charge >= 0.3 is 0 Å². The van der Waals surface area contributed by atoms with Gasteiger partial charge in [-0.05, 0) is 18.8 Å². The average molecular weight is 177 g/mol. The van der Waals surface area contributed by atoms with Gasteiger partial charge in [0.15, 0.2) is 0 Å². The monoisotopic (exact) mass is 177 g/mol. The molecule has 0 bridgehead atoms. The van der Waals surface area contributed by atoms with E-state index in [1.54, 1.807) is 12.4 Å². The fraction of sp³-hybridized carbons (Fsp3) is 0.600. The highest BCUT2D eigenvalue weighted by molar-refractivity contribution is 5.35. The molecule has 0 saturated carbocycles. The lowest BCUT2D eigenvalue weighted by atomic mass is 10.0. The molecule has 1 fully saturated rings. The summed E-state index contributed by atoms with van der Waals surface area (Å²) in [5.74, 6) is 1.81. The van der Waals surface area contributed by atoms with Crippen LogP contribution < -0.4 is 4.90 Å². The van der Waals surface area contributed by atoms with Gasteiger partial charge in [-0.25, -0.2) is 4.98 Å². The Bertz CT molecular complexity index is 260. The minimum Gasteiger partial charge on any atom is -0.355 e. The molecule has 3 nitrogen and oxygen atoms in total. The van der Waals surface area contributed by atoms with Crippen LogP contribution in [0.2, 0.25) is 0 Å². The first-order valence-corrected chi connectivity index (χ1v) is 4.87. The van der Waals surface area contributed by atoms with Crippen LogP contribution >= 0.6 is 0 Å². The Kier molecular flexibility index (Phi) is 2.43. The van der Waals surface area contributed by atoms with E-state index in [9.17, 15) is 0 Å². The molecule has 0 N–H and O–H groups in total. The van der Waals surface area contributed by atoms with Crippen molar-refractivity contribution >= 4 is 5.82 Å². The van der Waals surface area contributed by atoms with Crippen molar-refractivity contribution < 1.29 is 0 Å². The van der Waals surface area contributed by atoms with Crippen LogP contribution in [0.1, 0.15) is 19.8 Å². The molecule has 3 heteroatoms. The molecule has 1 aliphatic rings. The molecule has 1 aliphatic heterocycles. The lowest BCUT2D eigenvalue weighted by Gasteiger charge is -2.31. The molecule has 1 atom stereocenters. The standard InChI is InChI=1S/C10H15N3/c1-9-3-2-6-13(8-9)10-7-11-4-5-12-10/h4-5,7,9H,2-3,6,8H2,1H3. The van der Waals surface area contributed by atoms with Gasteiger partial charge < -0.3 is 4.90 Å². The Morgan fingerprint density at radius 1 is 1.46 bits per heavy atom. The number of anilines is 1. The van der Waals surface area contributed by atoms with Crippen molar-refractivity contribution in [2.45, 2.75) is 19.8 Å². The Labute approximate surface area is 78.8 Å². The fourth-order valence-corrected chi connectivity index (χ4v) is 1.85. The molecule has 1 aromatic heterocycles. The zero-order chi connectivity index (χ0) is 9.10. The van der Waals surface area contributed by atoms with Crippen molar-refractivity contribution in [1.29, 1.82) is 0 Å². The van der Waals surface area contributed by atoms with Gasteiger partial charge in [0.2, 0.25) is 0 Å². The van der Waals surface area contributed by atoms with Crippen LogP contribution in [-0.4, -0.2) is 23.1 Å². The van der Waals surface area contributed by atoms with E-state index in [0.717, 1.165) is 24.8 Å². The van der Waals surface area contributed by atoms with Crippen molar-refractivity contribution in [1.82, 2.24) is 9.97 Å². The summed E-state index contributed by atoms with van der Waals surface area (Å²) in [6.07, 6.45) is 7.94. The Balaban J connectivity index is 2.08. The zero-order valence-electron chi connectivity index (χ0n) is 7.98. The van der Waals surface area contributed by atoms with Crippen molar-refractivity contribution in [3.05, 3.63) is 18.6 Å². The van der Waals surface area contributed by atoms with Gasteiger partial charge in [0.05, 0.1) is 6.20 Å². The van der Waals surface area contributed by atoms with E-state index in [-0.39, 0.29) is 0 Å². The van der Waals surface area contributed by atoms with Crippen molar-refractivity contribution in [3.63, 3.8) is 0 Å². The summed E-state index contributed by atoms with van der Waals surface area (Å²) < 4.78 is 0. The molecule has 0 radical (unpaired) electrons. The SMILES string of the molecule is CC1CCCN(c2cnccn2)C1.